The maximum Gasteiger partial charge on any atom is 0.254 e. The number of nitrogens with zero attached hydrogens (tertiary/aromatic N) is 2. The fraction of sp³-hybridized carbons (Fsp3) is 0.263. The molecule has 0 aromatic heterocycles. The van der Waals surface area contributed by atoms with E-state index in [1.807, 2.05) is 25.1 Å². The van der Waals surface area contributed by atoms with Crippen molar-refractivity contribution in [3.8, 4) is 0 Å². The SMILES string of the molecule is Cc1ccc(Cl)cc1N1CCN(C(=O)c2cccc(Br)c2)[C@@H](C)C1=O. The van der Waals surface area contributed by atoms with E-state index in [0.29, 0.717) is 23.7 Å². The van der Waals surface area contributed by atoms with E-state index in [9.17, 15) is 9.59 Å². The largest absolute Gasteiger partial charge is 0.325 e. The summed E-state index contributed by atoms with van der Waals surface area (Å²) >= 11 is 9.47. The molecular formula is C19H18BrClN2O2. The van der Waals surface area contributed by atoms with Crippen molar-refractivity contribution in [3.63, 3.8) is 0 Å². The molecule has 130 valence electrons. The van der Waals surface area contributed by atoms with Crippen molar-refractivity contribution < 1.29 is 9.59 Å². The smallest absolute Gasteiger partial charge is 0.254 e. The van der Waals surface area contributed by atoms with Gasteiger partial charge in [0.1, 0.15) is 6.04 Å². The van der Waals surface area contributed by atoms with Gasteiger partial charge in [0.15, 0.2) is 0 Å². The number of amides is 2. The average molecular weight is 422 g/mol. The normalized spacial score (nSPS) is 17.8. The minimum atomic E-state index is -0.529. The summed E-state index contributed by atoms with van der Waals surface area (Å²) in [5.41, 5.74) is 2.36. The van der Waals surface area contributed by atoms with Crippen LogP contribution in [0.5, 0.6) is 0 Å². The minimum Gasteiger partial charge on any atom is -0.325 e. The van der Waals surface area contributed by atoms with Gasteiger partial charge in [0, 0.05) is 33.8 Å². The number of carbonyl (C=O) groups excluding carboxylic acids is 2. The third-order valence-electron chi connectivity index (χ3n) is 4.45. The molecule has 3 rings (SSSR count). The molecule has 1 atom stereocenters. The lowest BCUT2D eigenvalue weighted by atomic mass is 10.1. The third-order valence-corrected chi connectivity index (χ3v) is 5.18. The van der Waals surface area contributed by atoms with Crippen molar-refractivity contribution >= 4 is 45.0 Å². The van der Waals surface area contributed by atoms with Crippen molar-refractivity contribution in [1.82, 2.24) is 4.90 Å². The second kappa shape index (κ2) is 7.18. The lowest BCUT2D eigenvalue weighted by Crippen LogP contribution is -2.57. The number of benzene rings is 2. The quantitative estimate of drug-likeness (QED) is 0.726. The second-order valence-electron chi connectivity index (χ2n) is 6.11. The van der Waals surface area contributed by atoms with Crippen molar-refractivity contribution in [2.75, 3.05) is 18.0 Å². The first-order chi connectivity index (χ1) is 11.9. The van der Waals surface area contributed by atoms with E-state index in [1.165, 1.54) is 0 Å². The van der Waals surface area contributed by atoms with Gasteiger partial charge in [-0.3, -0.25) is 9.59 Å². The van der Waals surface area contributed by atoms with Crippen molar-refractivity contribution in [2.24, 2.45) is 0 Å². The van der Waals surface area contributed by atoms with Gasteiger partial charge in [0.2, 0.25) is 5.91 Å². The van der Waals surface area contributed by atoms with Gasteiger partial charge in [-0.05, 0) is 49.7 Å². The first kappa shape index (κ1) is 18.0. The van der Waals surface area contributed by atoms with E-state index >= 15 is 0 Å². The van der Waals surface area contributed by atoms with E-state index in [1.54, 1.807) is 41.0 Å². The summed E-state index contributed by atoms with van der Waals surface area (Å²) in [6, 6.07) is 12.2. The molecular weight excluding hydrogens is 404 g/mol. The fourth-order valence-corrected chi connectivity index (χ4v) is 3.61. The van der Waals surface area contributed by atoms with Crippen LogP contribution >= 0.6 is 27.5 Å². The van der Waals surface area contributed by atoms with Gasteiger partial charge >= 0.3 is 0 Å². The van der Waals surface area contributed by atoms with E-state index in [4.69, 9.17) is 11.6 Å². The minimum absolute atomic E-state index is 0.0973. The fourth-order valence-electron chi connectivity index (χ4n) is 3.05. The predicted molar refractivity (Wildman–Crippen MR) is 103 cm³/mol. The highest BCUT2D eigenvalue weighted by atomic mass is 79.9. The molecule has 1 fully saturated rings. The molecule has 0 unspecified atom stereocenters. The molecule has 2 aromatic rings. The number of rotatable bonds is 2. The Morgan fingerprint density at radius 2 is 1.96 bits per heavy atom. The lowest BCUT2D eigenvalue weighted by molar-refractivity contribution is -0.124. The molecule has 1 aliphatic rings. The summed E-state index contributed by atoms with van der Waals surface area (Å²) in [4.78, 5) is 29.0. The number of hydrogen-bond acceptors (Lipinski definition) is 2. The van der Waals surface area contributed by atoms with Crippen LogP contribution in [0.3, 0.4) is 0 Å². The van der Waals surface area contributed by atoms with Crippen molar-refractivity contribution in [1.29, 1.82) is 0 Å². The molecule has 0 N–H and O–H groups in total. The molecule has 25 heavy (non-hydrogen) atoms. The monoisotopic (exact) mass is 420 g/mol. The summed E-state index contributed by atoms with van der Waals surface area (Å²) in [6.07, 6.45) is 0. The first-order valence-corrected chi connectivity index (χ1v) is 9.19. The summed E-state index contributed by atoms with van der Waals surface area (Å²) < 4.78 is 0.838. The second-order valence-corrected chi connectivity index (χ2v) is 7.46. The average Bonchev–Trinajstić information content (AvgIpc) is 2.59. The maximum absolute atomic E-state index is 12.9. The Balaban J connectivity index is 1.84. The number of piperazine rings is 1. The third kappa shape index (κ3) is 3.58. The summed E-state index contributed by atoms with van der Waals surface area (Å²) in [5, 5.41) is 0.591. The van der Waals surface area contributed by atoms with Gasteiger partial charge in [-0.2, -0.15) is 0 Å². The zero-order valence-electron chi connectivity index (χ0n) is 14.0. The number of hydrogen-bond donors (Lipinski definition) is 0. The molecule has 0 bridgehead atoms. The molecule has 0 spiro atoms. The Morgan fingerprint density at radius 1 is 1.20 bits per heavy atom. The Morgan fingerprint density at radius 3 is 2.68 bits per heavy atom. The number of halogens is 2. The molecule has 1 heterocycles. The van der Waals surface area contributed by atoms with E-state index in [2.05, 4.69) is 15.9 Å². The van der Waals surface area contributed by atoms with Gasteiger partial charge in [-0.1, -0.05) is 39.7 Å². The van der Waals surface area contributed by atoms with Gasteiger partial charge in [-0.25, -0.2) is 0 Å². The summed E-state index contributed by atoms with van der Waals surface area (Å²) in [6.45, 7) is 4.64. The summed E-state index contributed by atoms with van der Waals surface area (Å²) in [7, 11) is 0. The van der Waals surface area contributed by atoms with Gasteiger partial charge in [0.25, 0.3) is 5.91 Å². The van der Waals surface area contributed by atoms with E-state index in [-0.39, 0.29) is 11.8 Å². The molecule has 0 saturated carbocycles. The highest BCUT2D eigenvalue weighted by molar-refractivity contribution is 9.10. The van der Waals surface area contributed by atoms with Crippen LogP contribution in [0.2, 0.25) is 5.02 Å². The standard InChI is InChI=1S/C19H18BrClN2O2/c1-12-6-7-16(21)11-17(12)23-9-8-22(13(2)18(23)24)19(25)14-4-3-5-15(20)10-14/h3-7,10-11,13H,8-9H2,1-2H3/t13-/m0/s1. The van der Waals surface area contributed by atoms with Crippen LogP contribution in [-0.4, -0.2) is 35.8 Å². The number of anilines is 1. The zero-order valence-corrected chi connectivity index (χ0v) is 16.3. The Labute approximate surface area is 160 Å². The first-order valence-electron chi connectivity index (χ1n) is 8.02. The van der Waals surface area contributed by atoms with E-state index in [0.717, 1.165) is 15.7 Å². The maximum atomic E-state index is 12.9. The Hall–Kier alpha value is -1.85. The number of aryl methyl sites for hydroxylation is 1. The van der Waals surface area contributed by atoms with Crippen LogP contribution in [0.4, 0.5) is 5.69 Å². The highest BCUT2D eigenvalue weighted by Crippen LogP contribution is 2.28. The van der Waals surface area contributed by atoms with E-state index < -0.39 is 6.04 Å². The van der Waals surface area contributed by atoms with Gasteiger partial charge < -0.3 is 9.80 Å². The van der Waals surface area contributed by atoms with Crippen LogP contribution in [-0.2, 0) is 4.79 Å². The number of carbonyl (C=O) groups is 2. The molecule has 1 saturated heterocycles. The molecule has 2 amide bonds. The van der Waals surface area contributed by atoms with Gasteiger partial charge in [-0.15, -0.1) is 0 Å². The van der Waals surface area contributed by atoms with Gasteiger partial charge in [0.05, 0.1) is 0 Å². The van der Waals surface area contributed by atoms with Crippen LogP contribution in [0.1, 0.15) is 22.8 Å². The Kier molecular flexibility index (Phi) is 5.16. The molecule has 4 nitrogen and oxygen atoms in total. The highest BCUT2D eigenvalue weighted by Gasteiger charge is 2.35. The van der Waals surface area contributed by atoms with Crippen LogP contribution in [0, 0.1) is 6.92 Å². The summed E-state index contributed by atoms with van der Waals surface area (Å²) in [5.74, 6) is -0.232. The molecule has 0 aliphatic carbocycles. The van der Waals surface area contributed by atoms with Crippen LogP contribution in [0.15, 0.2) is 46.9 Å². The topological polar surface area (TPSA) is 40.6 Å². The lowest BCUT2D eigenvalue weighted by Gasteiger charge is -2.39. The van der Waals surface area contributed by atoms with Crippen molar-refractivity contribution in [2.45, 2.75) is 19.9 Å². The predicted octanol–water partition coefficient (Wildman–Crippen LogP) is 4.29. The van der Waals surface area contributed by atoms with Crippen LogP contribution in [0.25, 0.3) is 0 Å². The zero-order chi connectivity index (χ0) is 18.1. The van der Waals surface area contributed by atoms with Crippen molar-refractivity contribution in [3.05, 3.63) is 63.1 Å². The molecule has 1 aliphatic heterocycles. The Bertz CT molecular complexity index is 840. The molecule has 2 aromatic carbocycles. The molecule has 6 heteroatoms. The van der Waals surface area contributed by atoms with Crippen LogP contribution < -0.4 is 4.90 Å². The molecule has 0 radical (unpaired) electrons.